The average Bonchev–Trinajstić information content (AvgIpc) is 2.34. The number of amides is 1. The van der Waals surface area contributed by atoms with Crippen molar-refractivity contribution >= 4 is 17.6 Å². The zero-order valence-corrected chi connectivity index (χ0v) is 13.6. The number of ketones is 1. The average molecular weight is 289 g/mol. The first-order valence-corrected chi connectivity index (χ1v) is 7.22. The predicted molar refractivity (Wildman–Crippen MR) is 82.7 cm³/mol. The van der Waals surface area contributed by atoms with Gasteiger partial charge in [0.2, 0.25) is 0 Å². The van der Waals surface area contributed by atoms with Crippen LogP contribution in [0, 0.1) is 5.92 Å². The first-order chi connectivity index (χ1) is 9.55. The van der Waals surface area contributed by atoms with E-state index in [-0.39, 0.29) is 11.7 Å². The summed E-state index contributed by atoms with van der Waals surface area (Å²) in [7, 11) is 0. The minimum Gasteiger partial charge on any atom is -0.443 e. The first-order valence-electron chi connectivity index (χ1n) is 7.22. The van der Waals surface area contributed by atoms with E-state index in [1.54, 1.807) is 17.0 Å². The number of Topliss-reactive ketones (excluding diaryl/α,β-unsaturated/α-hetero) is 1. The molecule has 0 aromatic heterocycles. The fourth-order valence-corrected chi connectivity index (χ4v) is 2.58. The molecule has 1 aromatic rings. The molecule has 114 valence electrons. The second-order valence-corrected chi connectivity index (χ2v) is 7.07. The number of hydrogen-bond donors (Lipinski definition) is 0. The summed E-state index contributed by atoms with van der Waals surface area (Å²) >= 11 is 0. The van der Waals surface area contributed by atoms with Crippen LogP contribution in [0.1, 0.15) is 51.9 Å². The Kier molecular flexibility index (Phi) is 3.60. The molecule has 0 saturated carbocycles. The highest BCUT2D eigenvalue weighted by Gasteiger charge is 2.47. The molecule has 4 nitrogen and oxygen atoms in total. The van der Waals surface area contributed by atoms with Crippen molar-refractivity contribution < 1.29 is 14.3 Å². The minimum atomic E-state index is -0.631. The van der Waals surface area contributed by atoms with Gasteiger partial charge in [0.25, 0.3) is 0 Å². The van der Waals surface area contributed by atoms with Gasteiger partial charge in [0.15, 0.2) is 5.78 Å². The van der Waals surface area contributed by atoms with Crippen LogP contribution in [-0.2, 0) is 4.74 Å². The minimum absolute atomic E-state index is 0.0652. The van der Waals surface area contributed by atoms with E-state index in [1.165, 1.54) is 0 Å². The van der Waals surface area contributed by atoms with Crippen molar-refractivity contribution in [3.05, 3.63) is 29.8 Å². The van der Waals surface area contributed by atoms with Crippen molar-refractivity contribution in [1.82, 2.24) is 0 Å². The van der Waals surface area contributed by atoms with Crippen molar-refractivity contribution in [1.29, 1.82) is 0 Å². The van der Waals surface area contributed by atoms with Crippen molar-refractivity contribution in [2.45, 2.75) is 52.7 Å². The van der Waals surface area contributed by atoms with Gasteiger partial charge in [0.05, 0.1) is 11.2 Å². The van der Waals surface area contributed by atoms with E-state index in [1.807, 2.05) is 53.7 Å². The lowest BCUT2D eigenvalue weighted by atomic mass is 9.77. The smallest absolute Gasteiger partial charge is 0.415 e. The summed E-state index contributed by atoms with van der Waals surface area (Å²) in [5.41, 5.74) is -0.00403. The molecule has 1 amide bonds. The predicted octanol–water partition coefficient (Wildman–Crippen LogP) is 4.04. The monoisotopic (exact) mass is 289 g/mol. The summed E-state index contributed by atoms with van der Waals surface area (Å²) in [6, 6.07) is 7.20. The molecule has 1 heterocycles. The van der Waals surface area contributed by atoms with Crippen molar-refractivity contribution in [2.24, 2.45) is 5.92 Å². The number of ether oxygens (including phenoxy) is 1. The lowest BCUT2D eigenvalue weighted by Crippen LogP contribution is -2.58. The molecule has 1 aliphatic heterocycles. The number of hydrogen-bond acceptors (Lipinski definition) is 3. The summed E-state index contributed by atoms with van der Waals surface area (Å²) < 4.78 is 5.53. The largest absolute Gasteiger partial charge is 0.443 e. The number of fused-ring (bicyclic) bond motifs is 1. The number of rotatable bonds is 0. The summed E-state index contributed by atoms with van der Waals surface area (Å²) in [6.07, 6.45) is -0.417. The molecule has 1 atom stereocenters. The van der Waals surface area contributed by atoms with Gasteiger partial charge in [-0.05, 0) is 46.8 Å². The van der Waals surface area contributed by atoms with Gasteiger partial charge in [0.1, 0.15) is 5.60 Å². The third kappa shape index (κ3) is 2.67. The SMILES string of the molecule is CC1C(=O)c2ccccc2N(C(=O)OC(C)(C)C)C1(C)C. The van der Waals surface area contributed by atoms with Crippen molar-refractivity contribution in [3.8, 4) is 0 Å². The second-order valence-electron chi connectivity index (χ2n) is 7.07. The van der Waals surface area contributed by atoms with E-state index >= 15 is 0 Å². The number of para-hydroxylation sites is 1. The Bertz CT molecular complexity index is 584. The fourth-order valence-electron chi connectivity index (χ4n) is 2.58. The third-order valence-corrected chi connectivity index (χ3v) is 4.02. The van der Waals surface area contributed by atoms with E-state index in [9.17, 15) is 9.59 Å². The number of carbonyl (C=O) groups is 2. The van der Waals surface area contributed by atoms with Gasteiger partial charge < -0.3 is 4.74 Å². The summed E-state index contributed by atoms with van der Waals surface area (Å²) in [4.78, 5) is 26.8. The number of anilines is 1. The third-order valence-electron chi connectivity index (χ3n) is 4.02. The Balaban J connectivity index is 2.54. The zero-order valence-electron chi connectivity index (χ0n) is 13.6. The maximum absolute atomic E-state index is 12.6. The molecule has 0 fully saturated rings. The van der Waals surface area contributed by atoms with E-state index in [2.05, 4.69) is 0 Å². The van der Waals surface area contributed by atoms with Gasteiger partial charge >= 0.3 is 6.09 Å². The van der Waals surface area contributed by atoms with Crippen LogP contribution in [0.2, 0.25) is 0 Å². The van der Waals surface area contributed by atoms with E-state index in [4.69, 9.17) is 4.74 Å². The molecule has 0 saturated heterocycles. The zero-order chi connectivity index (χ0) is 16.0. The van der Waals surface area contributed by atoms with Crippen LogP contribution in [-0.4, -0.2) is 23.0 Å². The van der Waals surface area contributed by atoms with Crippen LogP contribution >= 0.6 is 0 Å². The Morgan fingerprint density at radius 1 is 1.24 bits per heavy atom. The van der Waals surface area contributed by atoms with Crippen molar-refractivity contribution in [3.63, 3.8) is 0 Å². The number of nitrogens with zero attached hydrogens (tertiary/aromatic N) is 1. The molecule has 1 unspecified atom stereocenters. The number of carbonyl (C=O) groups excluding carboxylic acids is 2. The highest BCUT2D eigenvalue weighted by molar-refractivity contribution is 6.10. The fraction of sp³-hybridized carbons (Fsp3) is 0.529. The highest BCUT2D eigenvalue weighted by atomic mass is 16.6. The molecule has 4 heteroatoms. The molecule has 21 heavy (non-hydrogen) atoms. The van der Waals surface area contributed by atoms with E-state index in [0.717, 1.165) is 0 Å². The van der Waals surface area contributed by atoms with Crippen molar-refractivity contribution in [2.75, 3.05) is 4.90 Å². The quantitative estimate of drug-likeness (QED) is 0.724. The Hall–Kier alpha value is -1.84. The van der Waals surface area contributed by atoms with Crippen LogP contribution in [0.5, 0.6) is 0 Å². The molecular formula is C17H23NO3. The second kappa shape index (κ2) is 4.86. The maximum Gasteiger partial charge on any atom is 0.415 e. The molecule has 0 N–H and O–H groups in total. The molecule has 0 bridgehead atoms. The van der Waals surface area contributed by atoms with Crippen LogP contribution in [0.3, 0.4) is 0 Å². The molecular weight excluding hydrogens is 266 g/mol. The van der Waals surface area contributed by atoms with Crippen LogP contribution in [0.4, 0.5) is 10.5 Å². The first kappa shape index (κ1) is 15.5. The highest BCUT2D eigenvalue weighted by Crippen LogP contribution is 2.40. The van der Waals surface area contributed by atoms with Gasteiger partial charge in [-0.2, -0.15) is 0 Å². The maximum atomic E-state index is 12.6. The Morgan fingerprint density at radius 2 is 1.81 bits per heavy atom. The summed E-state index contributed by atoms with van der Waals surface area (Å²) in [6.45, 7) is 11.2. The Labute approximate surface area is 126 Å². The van der Waals surface area contributed by atoms with Gasteiger partial charge in [-0.3, -0.25) is 9.69 Å². The van der Waals surface area contributed by atoms with Crippen LogP contribution in [0.15, 0.2) is 24.3 Å². The lowest BCUT2D eigenvalue weighted by molar-refractivity contribution is 0.0512. The molecule has 2 rings (SSSR count). The number of benzene rings is 1. The molecule has 1 aliphatic rings. The molecule has 0 spiro atoms. The molecule has 0 radical (unpaired) electrons. The lowest BCUT2D eigenvalue weighted by Gasteiger charge is -2.46. The van der Waals surface area contributed by atoms with Gasteiger partial charge in [-0.1, -0.05) is 19.1 Å². The van der Waals surface area contributed by atoms with Crippen LogP contribution in [0.25, 0.3) is 0 Å². The Morgan fingerprint density at radius 3 is 2.38 bits per heavy atom. The summed E-state index contributed by atoms with van der Waals surface area (Å²) in [5.74, 6) is -0.227. The van der Waals surface area contributed by atoms with E-state index in [0.29, 0.717) is 11.3 Å². The van der Waals surface area contributed by atoms with Crippen LogP contribution < -0.4 is 4.90 Å². The molecule has 1 aromatic carbocycles. The van der Waals surface area contributed by atoms with E-state index < -0.39 is 17.2 Å². The topological polar surface area (TPSA) is 46.6 Å². The normalized spacial score (nSPS) is 21.0. The standard InChI is InChI=1S/C17H23NO3/c1-11-14(19)12-9-7-8-10-13(12)18(17(11,5)6)15(20)21-16(2,3)4/h7-11H,1-6H3. The van der Waals surface area contributed by atoms with Gasteiger partial charge in [-0.25, -0.2) is 4.79 Å². The molecule has 0 aliphatic carbocycles. The van der Waals surface area contributed by atoms with Gasteiger partial charge in [-0.15, -0.1) is 0 Å². The summed E-state index contributed by atoms with van der Waals surface area (Å²) in [5, 5.41) is 0. The van der Waals surface area contributed by atoms with Gasteiger partial charge in [0, 0.05) is 11.5 Å².